The highest BCUT2D eigenvalue weighted by Crippen LogP contribution is 2.77. The van der Waals surface area contributed by atoms with Gasteiger partial charge in [-0.25, -0.2) is 9.59 Å². The number of hydrogen-bond acceptors (Lipinski definition) is 5. The molecule has 2 heterocycles. The molecule has 5 saturated carbocycles. The number of allylic oxidation sites excluding steroid dienone is 1. The van der Waals surface area contributed by atoms with Crippen LogP contribution in [0.3, 0.4) is 0 Å². The lowest BCUT2D eigenvalue weighted by molar-refractivity contribution is -0.686. The minimum atomic E-state index is -0.141. The maximum Gasteiger partial charge on any atom is 0.372 e. The van der Waals surface area contributed by atoms with E-state index in [2.05, 4.69) is 79.0 Å². The molecule has 58 heavy (non-hydrogen) atoms. The third-order valence-corrected chi connectivity index (χ3v) is 17.6. The lowest BCUT2D eigenvalue weighted by Crippen LogP contribution is -3.00. The summed E-state index contributed by atoms with van der Waals surface area (Å²) in [6, 6.07) is 8.31. The molecule has 5 fully saturated rings. The van der Waals surface area contributed by atoms with Crippen LogP contribution in [0.5, 0.6) is 0 Å². The summed E-state index contributed by atoms with van der Waals surface area (Å²) in [5, 5.41) is 0. The zero-order valence-electron chi connectivity index (χ0n) is 37.3. The van der Waals surface area contributed by atoms with Gasteiger partial charge in [-0.1, -0.05) is 60.6 Å². The van der Waals surface area contributed by atoms with E-state index in [0.717, 1.165) is 37.8 Å². The topological polar surface area (TPSA) is 63.6 Å². The first-order valence-corrected chi connectivity index (χ1v) is 22.0. The van der Waals surface area contributed by atoms with Crippen molar-refractivity contribution in [2.45, 2.75) is 145 Å². The molecule has 0 aromatic carbocycles. The second-order valence-corrected chi connectivity index (χ2v) is 21.1. The Hall–Kier alpha value is -2.64. The summed E-state index contributed by atoms with van der Waals surface area (Å²) in [4.78, 5) is 28.9. The second kappa shape index (κ2) is 17.0. The first-order valence-electron chi connectivity index (χ1n) is 22.0. The largest absolute Gasteiger partial charge is 1.00 e. The van der Waals surface area contributed by atoms with Gasteiger partial charge in [-0.2, -0.15) is 9.13 Å². The first kappa shape index (κ1) is 46.4. The fourth-order valence-electron chi connectivity index (χ4n) is 14.3. The highest BCUT2D eigenvalue weighted by atomic mass is 35.5. The van der Waals surface area contributed by atoms with E-state index in [-0.39, 0.29) is 83.0 Å². The molecular formula is C49H73Cl2N3O4. The third-order valence-electron chi connectivity index (χ3n) is 17.6. The lowest BCUT2D eigenvalue weighted by Gasteiger charge is -2.73. The van der Waals surface area contributed by atoms with E-state index in [1.165, 1.54) is 43.2 Å². The quantitative estimate of drug-likeness (QED) is 0.209. The molecule has 9 heteroatoms. The van der Waals surface area contributed by atoms with Crippen molar-refractivity contribution >= 4 is 17.6 Å². The van der Waals surface area contributed by atoms with Crippen molar-refractivity contribution in [1.29, 1.82) is 0 Å². The summed E-state index contributed by atoms with van der Waals surface area (Å²) in [5.74, 6) is 2.90. The summed E-state index contributed by atoms with van der Waals surface area (Å²) < 4.78 is 16.6. The zero-order valence-corrected chi connectivity index (χ0v) is 38.8. The van der Waals surface area contributed by atoms with Crippen molar-refractivity contribution in [2.24, 2.45) is 56.7 Å². The molecule has 0 bridgehead atoms. The number of nitrogens with zero attached hydrogens (tertiary/aromatic N) is 3. The minimum absolute atomic E-state index is 0. The number of aromatic nitrogens is 2. The van der Waals surface area contributed by atoms with Crippen LogP contribution in [-0.2, 0) is 32.2 Å². The number of rotatable bonds is 10. The summed E-state index contributed by atoms with van der Waals surface area (Å²) in [5.41, 5.74) is 4.26. The number of hydrogen-bond donors (Lipinski definition) is 0. The van der Waals surface area contributed by atoms with Gasteiger partial charge in [0.1, 0.15) is 6.10 Å². The monoisotopic (exact) mass is 837 g/mol. The number of pyridine rings is 2. The van der Waals surface area contributed by atoms with E-state index in [1.54, 1.807) is 0 Å². The SMILES string of the molecule is C=C(C)[C@@H]1CC[C@]2(COC(=O)C[n+]3ccc(N(C)C)cc3)CC[C@]3(C)C(CCC4[C@@]5(C)CC[C@H](OC(=O)C[n+]6ccc(C(C)C)cc6)C(C)(C)C5CC[C@]43C)C12.[Cl-].[Cl-]. The molecule has 0 amide bonds. The Bertz CT molecular complexity index is 1800. The predicted octanol–water partition coefficient (Wildman–Crippen LogP) is 3.27. The molecule has 0 radical (unpaired) electrons. The third kappa shape index (κ3) is 7.87. The molecule has 4 unspecified atom stereocenters. The Morgan fingerprint density at radius 3 is 2.00 bits per heavy atom. The molecule has 0 N–H and O–H groups in total. The minimum Gasteiger partial charge on any atom is -1.00 e. The molecule has 2 aromatic rings. The summed E-state index contributed by atoms with van der Waals surface area (Å²) in [6.07, 6.45) is 19.4. The van der Waals surface area contributed by atoms with Crippen molar-refractivity contribution in [2.75, 3.05) is 25.6 Å². The Kier molecular flexibility index (Phi) is 13.6. The van der Waals surface area contributed by atoms with Crippen molar-refractivity contribution in [3.63, 3.8) is 0 Å². The van der Waals surface area contributed by atoms with Gasteiger partial charge in [-0.05, 0) is 128 Å². The molecule has 2 aromatic heterocycles. The van der Waals surface area contributed by atoms with Gasteiger partial charge in [0, 0.05) is 54.9 Å². The van der Waals surface area contributed by atoms with Gasteiger partial charge >= 0.3 is 11.9 Å². The van der Waals surface area contributed by atoms with Crippen molar-refractivity contribution < 1.29 is 53.0 Å². The molecule has 0 aliphatic heterocycles. The highest BCUT2D eigenvalue weighted by molar-refractivity contribution is 5.68. The number of carbonyl (C=O) groups is 2. The molecular weight excluding hydrogens is 765 g/mol. The van der Waals surface area contributed by atoms with Gasteiger partial charge in [0.15, 0.2) is 24.8 Å². The number of ether oxygens (including phenoxy) is 2. The summed E-state index contributed by atoms with van der Waals surface area (Å²) >= 11 is 0. The zero-order chi connectivity index (χ0) is 40.4. The van der Waals surface area contributed by atoms with Crippen LogP contribution in [0.25, 0.3) is 0 Å². The maximum atomic E-state index is 13.4. The van der Waals surface area contributed by atoms with Crippen LogP contribution < -0.4 is 38.8 Å². The Balaban J connectivity index is 0.00000320. The number of fused-ring (bicyclic) bond motifs is 7. The van der Waals surface area contributed by atoms with E-state index in [1.807, 2.05) is 60.1 Å². The van der Waals surface area contributed by atoms with Crippen molar-refractivity contribution in [3.05, 3.63) is 66.8 Å². The highest BCUT2D eigenvalue weighted by Gasteiger charge is 2.71. The van der Waals surface area contributed by atoms with Gasteiger partial charge in [-0.3, -0.25) is 0 Å². The van der Waals surface area contributed by atoms with E-state index in [4.69, 9.17) is 9.47 Å². The Morgan fingerprint density at radius 2 is 1.40 bits per heavy atom. The molecule has 0 spiro atoms. The molecule has 5 aliphatic carbocycles. The maximum absolute atomic E-state index is 13.4. The van der Waals surface area contributed by atoms with Crippen LogP contribution in [0.15, 0.2) is 61.2 Å². The smallest absolute Gasteiger partial charge is 0.372 e. The van der Waals surface area contributed by atoms with Gasteiger partial charge < -0.3 is 39.2 Å². The second-order valence-electron chi connectivity index (χ2n) is 21.1. The summed E-state index contributed by atoms with van der Waals surface area (Å²) in [6.45, 7) is 25.0. The number of carbonyl (C=O) groups excluding carboxylic acids is 2. The molecule has 10 atom stereocenters. The van der Waals surface area contributed by atoms with E-state index >= 15 is 0 Å². The number of esters is 2. The molecule has 322 valence electrons. The van der Waals surface area contributed by atoms with Crippen molar-refractivity contribution in [3.8, 4) is 0 Å². The molecule has 7 nitrogen and oxygen atoms in total. The number of anilines is 1. The van der Waals surface area contributed by atoms with Crippen LogP contribution in [0.1, 0.15) is 131 Å². The fraction of sp³-hybridized carbons (Fsp3) is 0.714. The normalized spacial score (nSPS) is 35.8. The van der Waals surface area contributed by atoms with E-state index in [0.29, 0.717) is 42.1 Å². The van der Waals surface area contributed by atoms with Crippen LogP contribution in [0, 0.1) is 56.7 Å². The Morgan fingerprint density at radius 1 is 0.776 bits per heavy atom. The standard InChI is InChI=1S/C49H73N3O4.2ClH/c1-33(2)35-17-26-51(27-18-35)31-43(54)56-41-16-21-46(7)39(45(41,5)6)15-22-48(9)40(46)13-12-38-44-37(34(3)4)14-23-49(44,25-24-47(38,48)8)32-55-42(53)30-52-28-19-36(20-29-52)50(10)11;;/h17-20,26-29,33,37-41,44H,3,12-16,21-25,30-32H2,1-2,4-11H3;2*1H/q+2;;/p-2/t37-,38?,39?,40?,41-,44?,46-,47+,48+,49+;;/m0../s1. The first-order chi connectivity index (χ1) is 26.3. The van der Waals surface area contributed by atoms with Crippen LogP contribution in [-0.4, -0.2) is 38.7 Å². The van der Waals surface area contributed by atoms with E-state index in [9.17, 15) is 9.59 Å². The lowest BCUT2D eigenvalue weighted by atomic mass is 9.32. The van der Waals surface area contributed by atoms with Gasteiger partial charge in [-0.15, -0.1) is 0 Å². The molecule has 7 rings (SSSR count). The van der Waals surface area contributed by atoms with Crippen LogP contribution in [0.4, 0.5) is 5.69 Å². The molecule has 0 saturated heterocycles. The fourth-order valence-corrected chi connectivity index (χ4v) is 14.3. The van der Waals surface area contributed by atoms with Crippen LogP contribution >= 0.6 is 0 Å². The van der Waals surface area contributed by atoms with Crippen LogP contribution in [0.2, 0.25) is 0 Å². The Labute approximate surface area is 362 Å². The van der Waals surface area contributed by atoms with Gasteiger partial charge in [0.2, 0.25) is 13.1 Å². The average molecular weight is 839 g/mol. The van der Waals surface area contributed by atoms with Gasteiger partial charge in [0.05, 0.1) is 6.61 Å². The number of halogens is 2. The average Bonchev–Trinajstić information content (AvgIpc) is 3.53. The summed E-state index contributed by atoms with van der Waals surface area (Å²) in [7, 11) is 4.05. The predicted molar refractivity (Wildman–Crippen MR) is 221 cm³/mol. The van der Waals surface area contributed by atoms with Gasteiger partial charge in [0.25, 0.3) is 0 Å². The van der Waals surface area contributed by atoms with E-state index < -0.39 is 0 Å². The van der Waals surface area contributed by atoms with Crippen molar-refractivity contribution in [1.82, 2.24) is 0 Å². The molecule has 5 aliphatic rings.